The lowest BCUT2D eigenvalue weighted by Gasteiger charge is -2.49. The van der Waals surface area contributed by atoms with Crippen LogP contribution < -0.4 is 0 Å². The van der Waals surface area contributed by atoms with Gasteiger partial charge in [-0.3, -0.25) is 9.69 Å². The molecule has 0 aliphatic carbocycles. The Hall–Kier alpha value is -3.65. The first-order chi connectivity index (χ1) is 19.0. The number of Topliss-reactive ketones (excluding diaryl/α,β-unsaturated/α-hetero) is 1. The van der Waals surface area contributed by atoms with Crippen molar-refractivity contribution in [3.8, 4) is 0 Å². The summed E-state index contributed by atoms with van der Waals surface area (Å²) in [5, 5.41) is 0. The topological polar surface area (TPSA) is 55.8 Å². The maximum Gasteiger partial charge on any atom is 0.416 e. The van der Waals surface area contributed by atoms with E-state index in [9.17, 15) is 22.8 Å². The average molecular weight is 570 g/mol. The zero-order valence-electron chi connectivity index (χ0n) is 22.9. The number of carbonyl (C=O) groups is 2. The summed E-state index contributed by atoms with van der Waals surface area (Å²) in [5.41, 5.74) is 0.791. The Morgan fingerprint density at radius 1 is 1.02 bits per heavy atom. The van der Waals surface area contributed by atoms with E-state index in [4.69, 9.17) is 9.47 Å². The van der Waals surface area contributed by atoms with Gasteiger partial charge in [0.15, 0.2) is 0 Å². The van der Waals surface area contributed by atoms with Crippen molar-refractivity contribution in [2.75, 3.05) is 13.2 Å². The quantitative estimate of drug-likeness (QED) is 0.274. The summed E-state index contributed by atoms with van der Waals surface area (Å²) >= 11 is 0. The van der Waals surface area contributed by atoms with Crippen molar-refractivity contribution < 1.29 is 32.2 Å². The number of rotatable bonds is 8. The number of ether oxygens (including phenoxy) is 2. The van der Waals surface area contributed by atoms with Gasteiger partial charge in [0.05, 0.1) is 23.8 Å². The van der Waals surface area contributed by atoms with Crippen molar-refractivity contribution in [3.63, 3.8) is 0 Å². The molecule has 0 spiro atoms. The molecular formula is C33H38F3NO4. The smallest absolute Gasteiger partial charge is 0.416 e. The third-order valence-electron chi connectivity index (χ3n) is 7.61. The van der Waals surface area contributed by atoms with Gasteiger partial charge < -0.3 is 9.47 Å². The molecule has 5 nitrogen and oxygen atoms in total. The normalized spacial score (nSPS) is 19.7. The molecule has 0 saturated carbocycles. The second-order valence-corrected chi connectivity index (χ2v) is 10.5. The van der Waals surface area contributed by atoms with E-state index in [2.05, 4.69) is 0 Å². The van der Waals surface area contributed by atoms with E-state index in [-0.39, 0.29) is 38.9 Å². The molecule has 3 aromatic rings. The molecule has 4 rings (SSSR count). The predicted octanol–water partition coefficient (Wildman–Crippen LogP) is 8.26. The molecule has 1 fully saturated rings. The number of benzene rings is 3. The van der Waals surface area contributed by atoms with Crippen LogP contribution in [0.25, 0.3) is 0 Å². The Kier molecular flexibility index (Phi) is 10.4. The summed E-state index contributed by atoms with van der Waals surface area (Å²) in [7, 11) is 0. The van der Waals surface area contributed by atoms with Crippen molar-refractivity contribution in [3.05, 3.63) is 107 Å². The minimum atomic E-state index is -4.48. The number of piperidine rings is 1. The fourth-order valence-electron chi connectivity index (χ4n) is 5.26. The van der Waals surface area contributed by atoms with Crippen LogP contribution in [0.2, 0.25) is 0 Å². The molecule has 0 aromatic heterocycles. The highest BCUT2D eigenvalue weighted by Gasteiger charge is 2.48. The summed E-state index contributed by atoms with van der Waals surface area (Å²) in [6.45, 7) is 5.06. The molecule has 1 unspecified atom stereocenters. The predicted molar refractivity (Wildman–Crippen MR) is 152 cm³/mol. The fraction of sp³-hybridized carbons (Fsp3) is 0.394. The third kappa shape index (κ3) is 7.55. The zero-order chi connectivity index (χ0) is 28.9. The number of ketones is 1. The Morgan fingerprint density at radius 2 is 1.66 bits per heavy atom. The summed E-state index contributed by atoms with van der Waals surface area (Å²) in [4.78, 5) is 27.6. The largest absolute Gasteiger partial charge is 0.445 e. The van der Waals surface area contributed by atoms with Crippen LogP contribution in [0.15, 0.2) is 78.9 Å². The van der Waals surface area contributed by atoms with Crippen LogP contribution in [-0.2, 0) is 32.6 Å². The molecule has 1 saturated heterocycles. The van der Waals surface area contributed by atoms with Gasteiger partial charge in [0.2, 0.25) is 0 Å². The van der Waals surface area contributed by atoms with E-state index in [1.54, 1.807) is 24.8 Å². The highest BCUT2D eigenvalue weighted by Crippen LogP contribution is 2.42. The van der Waals surface area contributed by atoms with Crippen LogP contribution in [-0.4, -0.2) is 29.9 Å². The fourth-order valence-corrected chi connectivity index (χ4v) is 5.26. The Labute approximate surface area is 240 Å². The average Bonchev–Trinajstić information content (AvgIpc) is 2.94. The monoisotopic (exact) mass is 569 g/mol. The zero-order valence-corrected chi connectivity index (χ0v) is 22.9. The first-order valence-corrected chi connectivity index (χ1v) is 13.3. The van der Waals surface area contributed by atoms with Crippen LogP contribution >= 0.6 is 0 Å². The number of hydrogen-bond donors (Lipinski definition) is 0. The van der Waals surface area contributed by atoms with Gasteiger partial charge in [-0.15, -0.1) is 0 Å². The number of aryl methyl sites for hydroxylation is 1. The standard InChI is InChI=1S/C32H34F3NO4.CH4/c1-22-16-27(18-29(17-22)32(33,34)35)24(3)40-21-31(28-12-8-5-9-13-28)15-14-26(23(2)37)19-36(31)30(38)39-20-25-10-6-4-7-11-25;/h4-13,16-18,24,26H,14-15,19-21H2,1-3H3;1H4/t24-,26?,31-;/m1./s1. The van der Waals surface area contributed by atoms with E-state index in [1.807, 2.05) is 60.7 Å². The molecule has 0 N–H and O–H groups in total. The third-order valence-corrected chi connectivity index (χ3v) is 7.61. The molecule has 3 atom stereocenters. The molecular weight excluding hydrogens is 531 g/mol. The molecule has 3 aromatic carbocycles. The number of likely N-dealkylation sites (tertiary alicyclic amines) is 1. The van der Waals surface area contributed by atoms with Gasteiger partial charge in [0, 0.05) is 12.5 Å². The number of halogens is 3. The summed E-state index contributed by atoms with van der Waals surface area (Å²) in [6.07, 6.45) is -4.78. The number of hydrogen-bond acceptors (Lipinski definition) is 4. The number of alkyl halides is 3. The summed E-state index contributed by atoms with van der Waals surface area (Å²) in [5.74, 6) is -0.374. The van der Waals surface area contributed by atoms with Gasteiger partial charge in [0.1, 0.15) is 12.4 Å². The van der Waals surface area contributed by atoms with E-state index in [1.165, 1.54) is 6.92 Å². The minimum Gasteiger partial charge on any atom is -0.445 e. The lowest BCUT2D eigenvalue weighted by molar-refractivity contribution is -0.138. The Balaban J connectivity index is 0.00000462. The number of carbonyl (C=O) groups excluding carboxylic acids is 2. The molecule has 1 aliphatic rings. The molecule has 1 amide bonds. The number of nitrogens with zero attached hydrogens (tertiary/aromatic N) is 1. The summed E-state index contributed by atoms with van der Waals surface area (Å²) < 4.78 is 52.5. The summed E-state index contributed by atoms with van der Waals surface area (Å²) in [6, 6.07) is 22.6. The first kappa shape index (κ1) is 31.9. The van der Waals surface area contributed by atoms with Crippen LogP contribution in [0.3, 0.4) is 0 Å². The highest BCUT2D eigenvalue weighted by atomic mass is 19.4. The van der Waals surface area contributed by atoms with Gasteiger partial charge in [-0.2, -0.15) is 13.2 Å². The second kappa shape index (κ2) is 13.3. The van der Waals surface area contributed by atoms with Gasteiger partial charge >= 0.3 is 12.3 Å². The minimum absolute atomic E-state index is 0. The van der Waals surface area contributed by atoms with Gasteiger partial charge in [0.25, 0.3) is 0 Å². The van der Waals surface area contributed by atoms with E-state index in [0.717, 1.165) is 23.3 Å². The molecule has 0 radical (unpaired) electrons. The van der Waals surface area contributed by atoms with E-state index in [0.29, 0.717) is 24.0 Å². The maximum atomic E-state index is 13.7. The molecule has 8 heteroatoms. The Bertz CT molecular complexity index is 1310. The van der Waals surface area contributed by atoms with Crippen LogP contribution in [0.1, 0.15) is 68.0 Å². The van der Waals surface area contributed by atoms with Crippen LogP contribution in [0, 0.1) is 12.8 Å². The molecule has 1 aliphatic heterocycles. The van der Waals surface area contributed by atoms with Crippen molar-refractivity contribution in [1.82, 2.24) is 4.90 Å². The van der Waals surface area contributed by atoms with E-state index >= 15 is 0 Å². The number of amides is 1. The lowest BCUT2D eigenvalue weighted by Crippen LogP contribution is -2.58. The first-order valence-electron chi connectivity index (χ1n) is 13.3. The van der Waals surface area contributed by atoms with Crippen molar-refractivity contribution >= 4 is 11.9 Å². The lowest BCUT2D eigenvalue weighted by atomic mass is 9.77. The SMILES string of the molecule is C.CC(=O)C1CC[C@@](CO[C@H](C)c2cc(C)cc(C(F)(F)F)c2)(c2ccccc2)N(C(=O)OCc2ccccc2)C1. The molecule has 220 valence electrons. The molecule has 0 bridgehead atoms. The van der Waals surface area contributed by atoms with Crippen LogP contribution in [0.4, 0.5) is 18.0 Å². The highest BCUT2D eigenvalue weighted by molar-refractivity contribution is 5.80. The van der Waals surface area contributed by atoms with Crippen LogP contribution in [0.5, 0.6) is 0 Å². The molecule has 1 heterocycles. The van der Waals surface area contributed by atoms with Crippen molar-refractivity contribution in [1.29, 1.82) is 0 Å². The van der Waals surface area contributed by atoms with Gasteiger partial charge in [-0.05, 0) is 62.4 Å². The van der Waals surface area contributed by atoms with Gasteiger partial charge in [-0.1, -0.05) is 79.7 Å². The second-order valence-electron chi connectivity index (χ2n) is 10.5. The van der Waals surface area contributed by atoms with Crippen molar-refractivity contribution in [2.45, 2.75) is 65.5 Å². The van der Waals surface area contributed by atoms with Crippen molar-refractivity contribution in [2.24, 2.45) is 5.92 Å². The Morgan fingerprint density at radius 3 is 2.27 bits per heavy atom. The van der Waals surface area contributed by atoms with Gasteiger partial charge in [-0.25, -0.2) is 4.79 Å². The van der Waals surface area contributed by atoms with E-state index < -0.39 is 29.5 Å². The maximum absolute atomic E-state index is 13.7. The molecule has 41 heavy (non-hydrogen) atoms.